The molecular formula is C39H35N7O11S2. The van der Waals surface area contributed by atoms with Crippen LogP contribution >= 0.6 is 0 Å². The van der Waals surface area contributed by atoms with E-state index in [2.05, 4.69) is 36.0 Å². The van der Waals surface area contributed by atoms with Crippen molar-refractivity contribution in [1.82, 2.24) is 0 Å². The number of fused-ring (bicyclic) bond motifs is 1. The largest absolute Gasteiger partial charge is 0.505 e. The van der Waals surface area contributed by atoms with E-state index in [1.807, 2.05) is 30.3 Å². The predicted octanol–water partition coefficient (Wildman–Crippen LogP) is 10.4. The van der Waals surface area contributed by atoms with E-state index in [1.54, 1.807) is 31.2 Å². The molecule has 0 amide bonds. The summed E-state index contributed by atoms with van der Waals surface area (Å²) in [5.74, 6) is 0.0108. The lowest BCUT2D eigenvalue weighted by molar-refractivity contribution is 0.403. The summed E-state index contributed by atoms with van der Waals surface area (Å²) < 4.78 is 90.8. The van der Waals surface area contributed by atoms with Gasteiger partial charge >= 0.3 is 0 Å². The molecule has 0 heterocycles. The Morgan fingerprint density at radius 1 is 0.508 bits per heavy atom. The van der Waals surface area contributed by atoms with Crippen molar-refractivity contribution in [2.45, 2.75) is 16.7 Å². The average molecular weight is 842 g/mol. The number of aromatic hydroxyl groups is 1. The molecule has 6 rings (SSSR count). The molecule has 0 bridgehead atoms. The average Bonchev–Trinajstić information content (AvgIpc) is 3.21. The summed E-state index contributed by atoms with van der Waals surface area (Å²) >= 11 is 0. The maximum atomic E-state index is 12.5. The highest BCUT2D eigenvalue weighted by atomic mass is 32.2. The Morgan fingerprint density at radius 2 is 0.983 bits per heavy atom. The Labute approximate surface area is 338 Å². The number of rotatable bonds is 14. The molecule has 0 unspecified atom stereocenters. The number of phenolic OH excluding ortho intramolecular Hbond substituents is 1. The molecule has 6 aromatic rings. The van der Waals surface area contributed by atoms with Gasteiger partial charge in [0.05, 0.1) is 28.4 Å². The number of nitrogens with zero attached hydrogens (tertiary/aromatic N) is 6. The van der Waals surface area contributed by atoms with E-state index in [-0.39, 0.29) is 56.8 Å². The van der Waals surface area contributed by atoms with Crippen molar-refractivity contribution >= 4 is 76.5 Å². The van der Waals surface area contributed by atoms with Gasteiger partial charge in [0.15, 0.2) is 5.75 Å². The summed E-state index contributed by atoms with van der Waals surface area (Å²) in [6.45, 7) is 1.66. The third-order valence-electron chi connectivity index (χ3n) is 8.53. The fourth-order valence-corrected chi connectivity index (χ4v) is 7.05. The summed E-state index contributed by atoms with van der Waals surface area (Å²) in [6.07, 6.45) is 0. The number of methoxy groups -OCH3 is 4. The minimum Gasteiger partial charge on any atom is -0.505 e. The molecule has 4 N–H and O–H groups in total. The van der Waals surface area contributed by atoms with Crippen LogP contribution in [0.25, 0.3) is 10.8 Å². The van der Waals surface area contributed by atoms with Gasteiger partial charge in [0.25, 0.3) is 20.2 Å². The van der Waals surface area contributed by atoms with Crippen LogP contribution in [0, 0.1) is 6.92 Å². The number of hydrogen-bond acceptors (Lipinski definition) is 16. The van der Waals surface area contributed by atoms with Gasteiger partial charge < -0.3 is 29.4 Å². The normalized spacial score (nSPS) is 12.1. The van der Waals surface area contributed by atoms with Crippen LogP contribution in [0.4, 0.5) is 45.5 Å². The second-order valence-corrected chi connectivity index (χ2v) is 15.2. The Hall–Kier alpha value is -7.00. The van der Waals surface area contributed by atoms with Crippen LogP contribution in [-0.2, 0) is 20.2 Å². The van der Waals surface area contributed by atoms with Crippen LogP contribution in [0.2, 0.25) is 0 Å². The van der Waals surface area contributed by atoms with Gasteiger partial charge in [0.1, 0.15) is 66.9 Å². The van der Waals surface area contributed by atoms with Gasteiger partial charge in [-0.2, -0.15) is 16.8 Å². The lowest BCUT2D eigenvalue weighted by Gasteiger charge is -2.12. The molecule has 6 aromatic carbocycles. The molecule has 304 valence electrons. The van der Waals surface area contributed by atoms with Crippen molar-refractivity contribution in [3.05, 3.63) is 103 Å². The first-order valence-corrected chi connectivity index (χ1v) is 20.0. The third kappa shape index (κ3) is 9.42. The molecule has 0 atom stereocenters. The van der Waals surface area contributed by atoms with Gasteiger partial charge in [-0.05, 0) is 66.4 Å². The Balaban J connectivity index is 1.33. The smallest absolute Gasteiger partial charge is 0.296 e. The standard InChI is InChI=1S/C39H35N7O11S2/c1-22-11-14-27(36(15-22)58(48,49)50)41-42-28-18-33(55-3)29(19-32(28)54-2)43-44-30-20-35(57-5)31(21-34(30)56-4)45-46-38-37(59(51,52)53)17-23-16-25(12-13-26(23)39(38)47)40-24-9-7-6-8-10-24/h6-21,40,47H,1-5H3,(H,48,49,50)(H,51,52,53). The molecule has 0 spiro atoms. The number of hydrogen-bond donors (Lipinski definition) is 4. The quantitative estimate of drug-likeness (QED) is 0.0590. The molecule has 0 aliphatic heterocycles. The number of nitrogens with one attached hydrogen (secondary N) is 1. The topological polar surface area (TPSA) is 252 Å². The zero-order chi connectivity index (χ0) is 42.5. The minimum absolute atomic E-state index is 0.0335. The fraction of sp³-hybridized carbons (Fsp3) is 0.128. The van der Waals surface area contributed by atoms with Gasteiger partial charge in [-0.1, -0.05) is 24.3 Å². The molecule has 0 radical (unpaired) electrons. The first-order valence-electron chi connectivity index (χ1n) is 17.1. The Morgan fingerprint density at radius 3 is 1.46 bits per heavy atom. The lowest BCUT2D eigenvalue weighted by Crippen LogP contribution is -1.99. The van der Waals surface area contributed by atoms with Crippen LogP contribution in [0.3, 0.4) is 0 Å². The molecule has 0 aliphatic rings. The second kappa shape index (κ2) is 17.2. The number of azo groups is 3. The molecule has 0 fully saturated rings. The molecule has 18 nitrogen and oxygen atoms in total. The number of benzene rings is 6. The molecule has 0 aromatic heterocycles. The number of aryl methyl sites for hydroxylation is 1. The van der Waals surface area contributed by atoms with E-state index in [4.69, 9.17) is 18.9 Å². The maximum absolute atomic E-state index is 12.5. The Kier molecular flexibility index (Phi) is 12.2. The van der Waals surface area contributed by atoms with Gasteiger partial charge in [0, 0.05) is 41.0 Å². The van der Waals surface area contributed by atoms with E-state index in [1.165, 1.54) is 70.9 Å². The van der Waals surface area contributed by atoms with E-state index in [9.17, 15) is 31.0 Å². The summed E-state index contributed by atoms with van der Waals surface area (Å²) in [4.78, 5) is -1.11. The van der Waals surface area contributed by atoms with Crippen molar-refractivity contribution in [3.8, 4) is 28.7 Å². The van der Waals surface area contributed by atoms with E-state index in [0.717, 1.165) is 5.69 Å². The van der Waals surface area contributed by atoms with E-state index >= 15 is 0 Å². The summed E-state index contributed by atoms with van der Waals surface area (Å²) in [7, 11) is -4.05. The van der Waals surface area contributed by atoms with Crippen LogP contribution in [-0.4, -0.2) is 59.5 Å². The van der Waals surface area contributed by atoms with Crippen LogP contribution in [0.1, 0.15) is 5.56 Å². The molecule has 0 saturated carbocycles. The zero-order valence-corrected chi connectivity index (χ0v) is 33.5. The van der Waals surface area contributed by atoms with Crippen LogP contribution in [0.5, 0.6) is 28.7 Å². The highest BCUT2D eigenvalue weighted by molar-refractivity contribution is 7.86. The first kappa shape index (κ1) is 41.6. The van der Waals surface area contributed by atoms with Gasteiger partial charge in [0.2, 0.25) is 0 Å². The monoisotopic (exact) mass is 841 g/mol. The highest BCUT2D eigenvalue weighted by Gasteiger charge is 2.23. The number of phenols is 1. The lowest BCUT2D eigenvalue weighted by atomic mass is 10.1. The maximum Gasteiger partial charge on any atom is 0.296 e. The summed E-state index contributed by atoms with van der Waals surface area (Å²) in [5.41, 5.74) is 1.84. The summed E-state index contributed by atoms with van der Waals surface area (Å²) in [6, 6.07) is 25.3. The zero-order valence-electron chi connectivity index (χ0n) is 31.8. The van der Waals surface area contributed by atoms with Crippen molar-refractivity contribution in [3.63, 3.8) is 0 Å². The minimum atomic E-state index is -4.91. The second-order valence-electron chi connectivity index (χ2n) is 12.4. The SMILES string of the molecule is COc1cc(N=Nc2ccc(C)cc2S(=O)(=O)O)c(OC)cc1N=Nc1cc(OC)c(N=Nc2c(S(=O)(=O)O)cc3cc(Nc4ccccc4)ccc3c2O)cc1OC. The van der Waals surface area contributed by atoms with E-state index in [0.29, 0.717) is 16.6 Å². The molecular weight excluding hydrogens is 807 g/mol. The number of para-hydroxylation sites is 1. The van der Waals surface area contributed by atoms with Crippen LogP contribution in [0.15, 0.2) is 138 Å². The van der Waals surface area contributed by atoms with Crippen molar-refractivity contribution in [2.24, 2.45) is 30.7 Å². The molecule has 20 heteroatoms. The number of anilines is 2. The third-order valence-corrected chi connectivity index (χ3v) is 10.3. The van der Waals surface area contributed by atoms with Crippen molar-refractivity contribution in [1.29, 1.82) is 0 Å². The van der Waals surface area contributed by atoms with Gasteiger partial charge in [-0.25, -0.2) is 0 Å². The molecule has 0 aliphatic carbocycles. The van der Waals surface area contributed by atoms with E-state index < -0.39 is 41.5 Å². The van der Waals surface area contributed by atoms with Gasteiger partial charge in [-0.3, -0.25) is 9.11 Å². The number of ether oxygens (including phenoxy) is 4. The molecule has 0 saturated heterocycles. The van der Waals surface area contributed by atoms with Crippen LogP contribution < -0.4 is 24.3 Å². The summed E-state index contributed by atoms with van der Waals surface area (Å²) in [5, 5.41) is 39.9. The Bertz CT molecular complexity index is 2890. The highest BCUT2D eigenvalue weighted by Crippen LogP contribution is 2.46. The predicted molar refractivity (Wildman–Crippen MR) is 218 cm³/mol. The van der Waals surface area contributed by atoms with Crippen molar-refractivity contribution < 1.29 is 50.0 Å². The van der Waals surface area contributed by atoms with Gasteiger partial charge in [-0.15, -0.1) is 30.7 Å². The first-order chi connectivity index (χ1) is 28.1. The fourth-order valence-electron chi connectivity index (χ4n) is 5.68. The molecule has 59 heavy (non-hydrogen) atoms. The van der Waals surface area contributed by atoms with Crippen molar-refractivity contribution in [2.75, 3.05) is 33.8 Å².